The number of aromatic nitrogens is 1. The molecule has 0 atom stereocenters. The van der Waals surface area contributed by atoms with Gasteiger partial charge in [-0.1, -0.05) is 68.4 Å². The molecule has 3 aromatic carbocycles. The fourth-order valence-electron chi connectivity index (χ4n) is 4.73. The minimum absolute atomic E-state index is 0.633. The summed E-state index contributed by atoms with van der Waals surface area (Å²) in [5.41, 5.74) is 12.9. The van der Waals surface area contributed by atoms with E-state index < -0.39 is 5.89 Å². The van der Waals surface area contributed by atoms with Gasteiger partial charge in [-0.15, -0.1) is 0 Å². The number of hydrogen-bond donors (Lipinski definition) is 0. The van der Waals surface area contributed by atoms with Gasteiger partial charge in [0, 0.05) is 19.1 Å². The molecule has 0 radical (unpaired) electrons. The molecule has 1 heteroatoms. The van der Waals surface area contributed by atoms with Crippen LogP contribution in [0.5, 0.6) is 0 Å². The summed E-state index contributed by atoms with van der Waals surface area (Å²) >= 11 is 0. The van der Waals surface area contributed by atoms with Gasteiger partial charge >= 0.3 is 0 Å². The van der Waals surface area contributed by atoms with Crippen molar-refractivity contribution < 1.29 is 5.94 Å². The van der Waals surface area contributed by atoms with E-state index in [9.17, 15) is 0 Å². The number of hydrogen-bond acceptors (Lipinski definition) is 0. The fourth-order valence-corrected chi connectivity index (χ4v) is 4.73. The number of aryl methyl sites for hydroxylation is 1. The first-order valence-corrected chi connectivity index (χ1v) is 10.7. The molecule has 0 bridgehead atoms. The molecule has 5 rings (SSSR count). The van der Waals surface area contributed by atoms with E-state index in [2.05, 4.69) is 97.5 Å². The summed E-state index contributed by atoms with van der Waals surface area (Å²) in [4.78, 5) is 0. The van der Waals surface area contributed by atoms with Gasteiger partial charge in [-0.05, 0) is 69.8 Å². The molecule has 0 saturated heterocycles. The van der Waals surface area contributed by atoms with Crippen molar-refractivity contribution in [1.29, 1.82) is 0 Å². The van der Waals surface area contributed by atoms with Crippen LogP contribution in [0.3, 0.4) is 0 Å². The Morgan fingerprint density at radius 1 is 0.867 bits per heavy atom. The van der Waals surface area contributed by atoms with E-state index in [1.54, 1.807) is 0 Å². The van der Waals surface area contributed by atoms with E-state index in [0.29, 0.717) is 0 Å². The lowest BCUT2D eigenvalue weighted by molar-refractivity contribution is -0.660. The third-order valence-electron chi connectivity index (χ3n) is 6.46. The molecule has 0 amide bonds. The first kappa shape index (κ1) is 17.7. The molecule has 0 N–H and O–H groups in total. The van der Waals surface area contributed by atoms with Gasteiger partial charge in [0.25, 0.3) is 0 Å². The van der Waals surface area contributed by atoms with Crippen LogP contribution in [-0.4, -0.2) is 0 Å². The molecule has 1 nitrogen and oxygen atoms in total. The highest BCUT2D eigenvalue weighted by atomic mass is 14.9. The van der Waals surface area contributed by atoms with E-state index in [1.165, 1.54) is 44.5 Å². The Balaban J connectivity index is 1.82. The lowest BCUT2D eigenvalue weighted by atomic mass is 9.87. The Morgan fingerprint density at radius 3 is 2.37 bits per heavy atom. The van der Waals surface area contributed by atoms with Crippen LogP contribution in [0.4, 0.5) is 0 Å². The summed E-state index contributed by atoms with van der Waals surface area (Å²) in [6.45, 7) is 6.16. The molecule has 0 aliphatic heterocycles. The SMILES string of the molecule is [2H]C(C)(C)c1cc[n+](C)c(-c2cc(-c3ccccc3)c3c(c2C)Cc2ccccc2-3)c1. The number of rotatable bonds is 3. The van der Waals surface area contributed by atoms with Crippen LogP contribution >= 0.6 is 0 Å². The van der Waals surface area contributed by atoms with E-state index in [0.717, 1.165) is 17.7 Å². The second kappa shape index (κ2) is 7.25. The second-order valence-electron chi connectivity index (χ2n) is 8.56. The maximum absolute atomic E-state index is 8.53. The normalized spacial score (nSPS) is 13.0. The zero-order chi connectivity index (χ0) is 21.8. The molecule has 0 saturated carbocycles. The zero-order valence-corrected chi connectivity index (χ0v) is 18.2. The van der Waals surface area contributed by atoms with Crippen LogP contribution in [0.25, 0.3) is 33.5 Å². The van der Waals surface area contributed by atoms with Gasteiger partial charge in [-0.25, -0.2) is 4.57 Å². The number of benzene rings is 3. The number of pyridine rings is 1. The largest absolute Gasteiger partial charge is 0.212 e. The highest BCUT2D eigenvalue weighted by Crippen LogP contribution is 2.47. The van der Waals surface area contributed by atoms with E-state index in [-0.39, 0.29) is 0 Å². The number of nitrogens with zero attached hydrogens (tertiary/aromatic N) is 1. The molecule has 4 aromatic rings. The average molecular weight is 392 g/mol. The lowest BCUT2D eigenvalue weighted by Gasteiger charge is -2.17. The highest BCUT2D eigenvalue weighted by Gasteiger charge is 2.27. The Hall–Kier alpha value is -3.19. The van der Waals surface area contributed by atoms with Gasteiger partial charge in [0.15, 0.2) is 6.20 Å². The van der Waals surface area contributed by atoms with Gasteiger partial charge < -0.3 is 0 Å². The Kier molecular flexibility index (Phi) is 4.27. The smallest absolute Gasteiger partial charge is 0.201 e. The van der Waals surface area contributed by atoms with E-state index in [1.807, 2.05) is 13.8 Å². The summed E-state index contributed by atoms with van der Waals surface area (Å²) in [6, 6.07) is 26.1. The standard InChI is InChI=1S/C29H28N/c1-19(2)22-14-15-30(4)28(17-22)25-18-27(21-10-6-5-7-11-21)29-24-13-9-8-12-23(24)16-26(29)20(25)3/h5-15,17-19H,16H2,1-4H3/q+1/i19D. The van der Waals surface area contributed by atoms with Crippen LogP contribution < -0.4 is 4.57 Å². The summed E-state index contributed by atoms with van der Waals surface area (Å²) in [6.07, 6.45) is 3.06. The van der Waals surface area contributed by atoms with Crippen molar-refractivity contribution in [3.8, 4) is 33.5 Å². The summed E-state index contributed by atoms with van der Waals surface area (Å²) in [7, 11) is 2.10. The van der Waals surface area contributed by atoms with Crippen LogP contribution in [0.1, 0.15) is 43.4 Å². The highest BCUT2D eigenvalue weighted by molar-refractivity contribution is 5.94. The Morgan fingerprint density at radius 2 is 1.60 bits per heavy atom. The third kappa shape index (κ3) is 2.97. The van der Waals surface area contributed by atoms with Gasteiger partial charge in [-0.2, -0.15) is 0 Å². The molecule has 0 unspecified atom stereocenters. The lowest BCUT2D eigenvalue weighted by Crippen LogP contribution is -2.31. The first-order chi connectivity index (χ1) is 14.8. The van der Waals surface area contributed by atoms with Gasteiger partial charge in [-0.3, -0.25) is 0 Å². The molecule has 1 aliphatic carbocycles. The molecule has 30 heavy (non-hydrogen) atoms. The van der Waals surface area contributed by atoms with Crippen LogP contribution in [0.2, 0.25) is 0 Å². The Labute approximate surface area is 181 Å². The first-order valence-electron chi connectivity index (χ1n) is 11.2. The average Bonchev–Trinajstić information content (AvgIpc) is 3.15. The van der Waals surface area contributed by atoms with Crippen molar-refractivity contribution in [1.82, 2.24) is 0 Å². The van der Waals surface area contributed by atoms with E-state index in [4.69, 9.17) is 1.37 Å². The van der Waals surface area contributed by atoms with Crippen molar-refractivity contribution >= 4 is 0 Å². The molecule has 1 heterocycles. The maximum Gasteiger partial charge on any atom is 0.212 e. The summed E-state index contributed by atoms with van der Waals surface area (Å²) < 4.78 is 10.7. The van der Waals surface area contributed by atoms with Crippen molar-refractivity contribution in [3.05, 3.63) is 101 Å². The quantitative estimate of drug-likeness (QED) is 0.296. The van der Waals surface area contributed by atoms with Crippen LogP contribution in [-0.2, 0) is 13.5 Å². The van der Waals surface area contributed by atoms with Gasteiger partial charge in [0.1, 0.15) is 7.05 Å². The summed E-state index contributed by atoms with van der Waals surface area (Å²) in [5.74, 6) is -0.633. The van der Waals surface area contributed by atoms with Crippen molar-refractivity contribution in [2.24, 2.45) is 7.05 Å². The molecular weight excluding hydrogens is 362 g/mol. The molecule has 0 fully saturated rings. The number of fused-ring (bicyclic) bond motifs is 3. The zero-order valence-electron chi connectivity index (χ0n) is 19.2. The van der Waals surface area contributed by atoms with E-state index >= 15 is 0 Å². The predicted octanol–water partition coefficient (Wildman–Crippen LogP) is 6.85. The third-order valence-corrected chi connectivity index (χ3v) is 6.46. The van der Waals surface area contributed by atoms with Gasteiger partial charge in [0.2, 0.25) is 5.69 Å². The minimum atomic E-state index is -0.633. The molecular formula is C29H28N+. The van der Waals surface area contributed by atoms with Gasteiger partial charge in [0.05, 0.1) is 0 Å². The second-order valence-corrected chi connectivity index (χ2v) is 8.56. The molecule has 0 spiro atoms. The topological polar surface area (TPSA) is 3.88 Å². The van der Waals surface area contributed by atoms with Crippen molar-refractivity contribution in [2.75, 3.05) is 0 Å². The van der Waals surface area contributed by atoms with Crippen LogP contribution in [0.15, 0.2) is 79.0 Å². The predicted molar refractivity (Wildman–Crippen MR) is 126 cm³/mol. The molecule has 1 aromatic heterocycles. The summed E-state index contributed by atoms with van der Waals surface area (Å²) in [5, 5.41) is 0. The molecule has 148 valence electrons. The monoisotopic (exact) mass is 391 g/mol. The van der Waals surface area contributed by atoms with Crippen molar-refractivity contribution in [2.45, 2.75) is 33.1 Å². The van der Waals surface area contributed by atoms with Crippen LogP contribution in [0, 0.1) is 6.92 Å². The van der Waals surface area contributed by atoms with Crippen molar-refractivity contribution in [3.63, 3.8) is 0 Å². The minimum Gasteiger partial charge on any atom is -0.201 e. The maximum atomic E-state index is 8.53. The Bertz CT molecular complexity index is 1300. The molecule has 1 aliphatic rings. The fraction of sp³-hybridized carbons (Fsp3) is 0.207.